The van der Waals surface area contributed by atoms with E-state index in [-0.39, 0.29) is 5.82 Å². The SMILES string of the molecule is Fc1ccc(NC2=NC(=S)SC2)cc1. The highest BCUT2D eigenvalue weighted by Crippen LogP contribution is 2.16. The van der Waals surface area contributed by atoms with Gasteiger partial charge >= 0.3 is 0 Å². The summed E-state index contributed by atoms with van der Waals surface area (Å²) in [4.78, 5) is 4.11. The Labute approximate surface area is 90.6 Å². The number of rotatable bonds is 1. The minimum Gasteiger partial charge on any atom is -0.343 e. The summed E-state index contributed by atoms with van der Waals surface area (Å²) in [6, 6.07) is 6.15. The van der Waals surface area contributed by atoms with Crippen molar-refractivity contribution < 1.29 is 4.39 Å². The van der Waals surface area contributed by atoms with E-state index in [0.29, 0.717) is 4.32 Å². The molecule has 0 aromatic heterocycles. The summed E-state index contributed by atoms with van der Waals surface area (Å²) in [5, 5.41) is 3.07. The average Bonchev–Trinajstić information content (AvgIpc) is 2.56. The first-order chi connectivity index (χ1) is 6.74. The van der Waals surface area contributed by atoms with E-state index in [0.717, 1.165) is 17.3 Å². The Hall–Kier alpha value is -0.940. The summed E-state index contributed by atoms with van der Waals surface area (Å²) in [6.07, 6.45) is 0. The van der Waals surface area contributed by atoms with E-state index < -0.39 is 0 Å². The molecule has 1 aromatic carbocycles. The molecule has 1 aliphatic rings. The van der Waals surface area contributed by atoms with Gasteiger partial charge in [-0.2, -0.15) is 0 Å². The summed E-state index contributed by atoms with van der Waals surface area (Å²) in [6.45, 7) is 0. The van der Waals surface area contributed by atoms with Crippen LogP contribution in [0.25, 0.3) is 0 Å². The zero-order valence-corrected chi connectivity index (χ0v) is 8.79. The zero-order chi connectivity index (χ0) is 9.97. The number of nitrogens with zero attached hydrogens (tertiary/aromatic N) is 1. The molecule has 2 nitrogen and oxygen atoms in total. The average molecular weight is 226 g/mol. The van der Waals surface area contributed by atoms with Gasteiger partial charge in [0.25, 0.3) is 0 Å². The maximum atomic E-state index is 12.6. The summed E-state index contributed by atoms with van der Waals surface area (Å²) >= 11 is 6.43. The van der Waals surface area contributed by atoms with Crippen molar-refractivity contribution in [3.8, 4) is 0 Å². The van der Waals surface area contributed by atoms with Crippen LogP contribution in [0.5, 0.6) is 0 Å². The standard InChI is InChI=1S/C9H7FN2S2/c10-6-1-3-7(4-2-6)11-8-5-14-9(13)12-8/h1-4H,5H2,(H,11,12,13). The summed E-state index contributed by atoms with van der Waals surface area (Å²) in [5.41, 5.74) is 0.829. The van der Waals surface area contributed by atoms with Gasteiger partial charge < -0.3 is 5.32 Å². The molecule has 0 fully saturated rings. The van der Waals surface area contributed by atoms with Crippen molar-refractivity contribution in [2.24, 2.45) is 4.99 Å². The minimum absolute atomic E-state index is 0.242. The Morgan fingerprint density at radius 2 is 2.07 bits per heavy atom. The van der Waals surface area contributed by atoms with Crippen LogP contribution in [0.4, 0.5) is 10.1 Å². The Morgan fingerprint density at radius 1 is 1.36 bits per heavy atom. The van der Waals surface area contributed by atoms with Gasteiger partial charge in [-0.3, -0.25) is 0 Å². The van der Waals surface area contributed by atoms with Crippen LogP contribution in [0.1, 0.15) is 0 Å². The summed E-state index contributed by atoms with van der Waals surface area (Å²) < 4.78 is 13.2. The molecule has 0 radical (unpaired) electrons. The number of hydrogen-bond acceptors (Lipinski definition) is 3. The van der Waals surface area contributed by atoms with Gasteiger partial charge in [0.2, 0.25) is 0 Å². The number of thiocarbonyl (C=S) groups is 1. The fraction of sp³-hybridized carbons (Fsp3) is 0.111. The molecule has 5 heteroatoms. The van der Waals surface area contributed by atoms with Crippen LogP contribution >= 0.6 is 24.0 Å². The first-order valence-electron chi connectivity index (χ1n) is 4.01. The smallest absolute Gasteiger partial charge is 0.162 e. The Kier molecular flexibility index (Phi) is 2.79. The molecule has 0 unspecified atom stereocenters. The molecule has 1 aromatic rings. The molecule has 0 bridgehead atoms. The maximum absolute atomic E-state index is 12.6. The lowest BCUT2D eigenvalue weighted by Gasteiger charge is -2.03. The summed E-state index contributed by atoms with van der Waals surface area (Å²) in [5.74, 6) is 1.34. The van der Waals surface area contributed by atoms with Crippen LogP contribution in [-0.4, -0.2) is 15.9 Å². The number of amidine groups is 1. The van der Waals surface area contributed by atoms with E-state index in [4.69, 9.17) is 12.2 Å². The van der Waals surface area contributed by atoms with Crippen LogP contribution in [-0.2, 0) is 0 Å². The molecule has 14 heavy (non-hydrogen) atoms. The molecule has 0 amide bonds. The molecule has 0 atom stereocenters. The second-order valence-corrected chi connectivity index (χ2v) is 4.35. The number of hydrogen-bond donors (Lipinski definition) is 1. The second kappa shape index (κ2) is 4.06. The number of halogens is 1. The van der Waals surface area contributed by atoms with Crippen molar-refractivity contribution in [3.63, 3.8) is 0 Å². The van der Waals surface area contributed by atoms with E-state index in [1.807, 2.05) is 0 Å². The number of benzene rings is 1. The minimum atomic E-state index is -0.242. The first kappa shape index (κ1) is 9.61. The predicted molar refractivity (Wildman–Crippen MR) is 62.5 cm³/mol. The summed E-state index contributed by atoms with van der Waals surface area (Å²) in [7, 11) is 0. The monoisotopic (exact) mass is 226 g/mol. The van der Waals surface area contributed by atoms with Gasteiger partial charge in [0.15, 0.2) is 4.32 Å². The van der Waals surface area contributed by atoms with Crippen LogP contribution in [0, 0.1) is 5.82 Å². The number of thioether (sulfide) groups is 1. The van der Waals surface area contributed by atoms with E-state index in [1.54, 1.807) is 12.1 Å². The van der Waals surface area contributed by atoms with E-state index in [9.17, 15) is 4.39 Å². The van der Waals surface area contributed by atoms with Gasteiger partial charge in [-0.25, -0.2) is 9.38 Å². The fourth-order valence-corrected chi connectivity index (χ4v) is 1.93. The first-order valence-corrected chi connectivity index (χ1v) is 5.40. The van der Waals surface area contributed by atoms with Gasteiger partial charge in [-0.05, 0) is 24.3 Å². The van der Waals surface area contributed by atoms with Crippen molar-refractivity contribution in [1.29, 1.82) is 0 Å². The topological polar surface area (TPSA) is 24.4 Å². The third kappa shape index (κ3) is 2.30. The number of nitrogens with one attached hydrogen (secondary N) is 1. The Balaban J connectivity index is 2.08. The van der Waals surface area contributed by atoms with Gasteiger partial charge in [0, 0.05) is 5.69 Å². The quantitative estimate of drug-likeness (QED) is 0.745. The zero-order valence-electron chi connectivity index (χ0n) is 7.16. The molecule has 1 N–H and O–H groups in total. The number of aliphatic imine (C=N–C) groups is 1. The molecule has 0 saturated heterocycles. The molecular formula is C9H7FN2S2. The van der Waals surface area contributed by atoms with Crippen LogP contribution in [0.15, 0.2) is 29.3 Å². The van der Waals surface area contributed by atoms with Gasteiger partial charge in [-0.1, -0.05) is 24.0 Å². The molecule has 0 aliphatic carbocycles. The molecule has 1 aliphatic heterocycles. The third-order valence-corrected chi connectivity index (χ3v) is 2.89. The lowest BCUT2D eigenvalue weighted by molar-refractivity contribution is 0.628. The molecular weight excluding hydrogens is 219 g/mol. The fourth-order valence-electron chi connectivity index (χ4n) is 1.07. The molecule has 0 saturated carbocycles. The van der Waals surface area contributed by atoms with Crippen LogP contribution < -0.4 is 5.32 Å². The lowest BCUT2D eigenvalue weighted by Crippen LogP contribution is -2.11. The third-order valence-electron chi connectivity index (χ3n) is 1.69. The highest BCUT2D eigenvalue weighted by molar-refractivity contribution is 8.23. The van der Waals surface area contributed by atoms with Crippen molar-refractivity contribution in [3.05, 3.63) is 30.1 Å². The normalized spacial score (nSPS) is 15.5. The maximum Gasteiger partial charge on any atom is 0.162 e. The van der Waals surface area contributed by atoms with E-state index in [1.165, 1.54) is 23.9 Å². The van der Waals surface area contributed by atoms with E-state index in [2.05, 4.69) is 10.3 Å². The molecule has 0 spiro atoms. The highest BCUT2D eigenvalue weighted by Gasteiger charge is 2.11. The van der Waals surface area contributed by atoms with Gasteiger partial charge in [0.1, 0.15) is 11.7 Å². The largest absolute Gasteiger partial charge is 0.343 e. The molecule has 2 rings (SSSR count). The molecule has 72 valence electrons. The Morgan fingerprint density at radius 3 is 2.64 bits per heavy atom. The van der Waals surface area contributed by atoms with E-state index >= 15 is 0 Å². The van der Waals surface area contributed by atoms with Crippen molar-refractivity contribution >= 4 is 39.8 Å². The molecule has 1 heterocycles. The van der Waals surface area contributed by atoms with Gasteiger partial charge in [-0.15, -0.1) is 0 Å². The van der Waals surface area contributed by atoms with Gasteiger partial charge in [0.05, 0.1) is 5.75 Å². The van der Waals surface area contributed by atoms with Crippen LogP contribution in [0.3, 0.4) is 0 Å². The van der Waals surface area contributed by atoms with Crippen molar-refractivity contribution in [2.75, 3.05) is 11.1 Å². The number of anilines is 1. The van der Waals surface area contributed by atoms with Crippen molar-refractivity contribution in [2.45, 2.75) is 0 Å². The lowest BCUT2D eigenvalue weighted by atomic mass is 10.3. The van der Waals surface area contributed by atoms with Crippen molar-refractivity contribution in [1.82, 2.24) is 0 Å². The van der Waals surface area contributed by atoms with Crippen LogP contribution in [0.2, 0.25) is 0 Å². The second-order valence-electron chi connectivity index (χ2n) is 2.74. The highest BCUT2D eigenvalue weighted by atomic mass is 32.2. The Bertz CT molecular complexity index is 386. The predicted octanol–water partition coefficient (Wildman–Crippen LogP) is 2.67.